The molecule has 0 aromatic heterocycles. The predicted molar refractivity (Wildman–Crippen MR) is 81.6 cm³/mol. The predicted octanol–water partition coefficient (Wildman–Crippen LogP) is 2.24. The van der Waals surface area contributed by atoms with Crippen LogP contribution in [0.2, 0.25) is 0 Å². The number of sulfone groups is 1. The summed E-state index contributed by atoms with van der Waals surface area (Å²) in [6.07, 6.45) is 1.85. The van der Waals surface area contributed by atoms with Gasteiger partial charge in [0.15, 0.2) is 9.84 Å². The number of halogens is 1. The summed E-state index contributed by atoms with van der Waals surface area (Å²) in [4.78, 5) is 0.0385. The van der Waals surface area contributed by atoms with Gasteiger partial charge in [-0.2, -0.15) is 11.8 Å². The van der Waals surface area contributed by atoms with Crippen molar-refractivity contribution in [2.24, 2.45) is 0 Å². The molecule has 0 radical (unpaired) electrons. The summed E-state index contributed by atoms with van der Waals surface area (Å²) in [6.45, 7) is 0.450. The van der Waals surface area contributed by atoms with E-state index in [4.69, 9.17) is 10.5 Å². The Balaban J connectivity index is 1.90. The van der Waals surface area contributed by atoms with Crippen LogP contribution in [0.3, 0.4) is 0 Å². The van der Waals surface area contributed by atoms with Crippen molar-refractivity contribution < 1.29 is 17.5 Å². The van der Waals surface area contributed by atoms with Crippen LogP contribution >= 0.6 is 11.8 Å². The third kappa shape index (κ3) is 2.78. The standard InChI is InChI=1S/C14H18FNO3S2/c15-10-1-2-13(12(16)7-10)21(17,18)11-3-5-19-14(8-11)4-6-20-9-14/h1-2,7,11H,3-6,8-9,16H2. The zero-order chi connectivity index (χ0) is 15.1. The molecule has 2 unspecified atom stereocenters. The molecule has 0 saturated carbocycles. The van der Waals surface area contributed by atoms with Gasteiger partial charge in [-0.3, -0.25) is 0 Å². The Kier molecular flexibility index (Phi) is 3.92. The van der Waals surface area contributed by atoms with Crippen LogP contribution in [0.25, 0.3) is 0 Å². The maximum atomic E-state index is 13.1. The van der Waals surface area contributed by atoms with Gasteiger partial charge in [-0.15, -0.1) is 0 Å². The van der Waals surface area contributed by atoms with E-state index in [0.29, 0.717) is 19.4 Å². The molecule has 1 aromatic carbocycles. The number of hydrogen-bond acceptors (Lipinski definition) is 5. The third-order valence-corrected chi connectivity index (χ3v) is 7.72. The highest BCUT2D eigenvalue weighted by atomic mass is 32.2. The van der Waals surface area contributed by atoms with E-state index in [1.54, 1.807) is 11.8 Å². The highest BCUT2D eigenvalue weighted by Gasteiger charge is 2.45. The van der Waals surface area contributed by atoms with Crippen molar-refractivity contribution in [3.63, 3.8) is 0 Å². The van der Waals surface area contributed by atoms with Crippen LogP contribution in [0.15, 0.2) is 23.1 Å². The quantitative estimate of drug-likeness (QED) is 0.665. The van der Waals surface area contributed by atoms with Gasteiger partial charge in [-0.25, -0.2) is 12.8 Å². The Morgan fingerprint density at radius 3 is 2.90 bits per heavy atom. The topological polar surface area (TPSA) is 69.4 Å². The summed E-state index contributed by atoms with van der Waals surface area (Å²) in [7, 11) is -3.55. The van der Waals surface area contributed by atoms with Crippen molar-refractivity contribution in [3.05, 3.63) is 24.0 Å². The molecule has 3 rings (SSSR count). The first-order chi connectivity index (χ1) is 9.93. The summed E-state index contributed by atoms with van der Waals surface area (Å²) in [5.41, 5.74) is 5.38. The highest BCUT2D eigenvalue weighted by Crippen LogP contribution is 2.41. The van der Waals surface area contributed by atoms with E-state index in [2.05, 4.69) is 0 Å². The summed E-state index contributed by atoms with van der Waals surface area (Å²) in [6, 6.07) is 3.47. The second-order valence-electron chi connectivity index (χ2n) is 5.68. The van der Waals surface area contributed by atoms with Gasteiger partial charge in [-0.05, 0) is 43.2 Å². The fourth-order valence-electron chi connectivity index (χ4n) is 3.07. The lowest BCUT2D eigenvalue weighted by atomic mass is 9.93. The Morgan fingerprint density at radius 1 is 1.43 bits per heavy atom. The van der Waals surface area contributed by atoms with E-state index in [0.717, 1.165) is 30.1 Å². The lowest BCUT2D eigenvalue weighted by molar-refractivity contribution is -0.0572. The monoisotopic (exact) mass is 331 g/mol. The van der Waals surface area contributed by atoms with Gasteiger partial charge in [0.1, 0.15) is 5.82 Å². The largest absolute Gasteiger partial charge is 0.398 e. The number of nitrogens with two attached hydrogens (primary N) is 1. The number of rotatable bonds is 2. The van der Waals surface area contributed by atoms with E-state index in [-0.39, 0.29) is 16.2 Å². The molecular weight excluding hydrogens is 313 g/mol. The number of benzene rings is 1. The van der Waals surface area contributed by atoms with Crippen LogP contribution < -0.4 is 5.73 Å². The Morgan fingerprint density at radius 2 is 2.24 bits per heavy atom. The van der Waals surface area contributed by atoms with E-state index in [1.165, 1.54) is 6.07 Å². The Hall–Kier alpha value is -0.790. The first-order valence-corrected chi connectivity index (χ1v) is 9.64. The van der Waals surface area contributed by atoms with Gasteiger partial charge in [0.05, 0.1) is 21.4 Å². The average Bonchev–Trinajstić information content (AvgIpc) is 2.86. The molecule has 1 spiro atoms. The van der Waals surface area contributed by atoms with Crippen molar-refractivity contribution in [1.82, 2.24) is 0 Å². The van der Waals surface area contributed by atoms with Gasteiger partial charge in [0.25, 0.3) is 0 Å². The smallest absolute Gasteiger partial charge is 0.183 e. The molecule has 2 aliphatic rings. The molecule has 2 fully saturated rings. The van der Waals surface area contributed by atoms with Crippen LogP contribution in [0.1, 0.15) is 19.3 Å². The lowest BCUT2D eigenvalue weighted by Gasteiger charge is -2.37. The third-order valence-electron chi connectivity index (χ3n) is 4.23. The Labute approximate surface area is 128 Å². The van der Waals surface area contributed by atoms with Crippen LogP contribution in [-0.4, -0.2) is 37.4 Å². The summed E-state index contributed by atoms with van der Waals surface area (Å²) in [5.74, 6) is 1.32. The zero-order valence-corrected chi connectivity index (χ0v) is 13.2. The van der Waals surface area contributed by atoms with Crippen LogP contribution in [0, 0.1) is 5.82 Å². The fraction of sp³-hybridized carbons (Fsp3) is 0.571. The molecule has 2 heterocycles. The molecule has 7 heteroatoms. The molecule has 21 heavy (non-hydrogen) atoms. The van der Waals surface area contributed by atoms with E-state index in [1.807, 2.05) is 0 Å². The maximum absolute atomic E-state index is 13.1. The molecule has 2 N–H and O–H groups in total. The SMILES string of the molecule is Nc1cc(F)ccc1S(=O)(=O)C1CCOC2(CCSC2)C1. The summed E-state index contributed by atoms with van der Waals surface area (Å²) >= 11 is 1.80. The van der Waals surface area contributed by atoms with Gasteiger partial charge >= 0.3 is 0 Å². The molecule has 0 amide bonds. The normalized spacial score (nSPS) is 29.9. The minimum absolute atomic E-state index is 0.0173. The molecule has 2 atom stereocenters. The molecule has 4 nitrogen and oxygen atoms in total. The molecule has 1 aromatic rings. The van der Waals surface area contributed by atoms with Crippen LogP contribution in [-0.2, 0) is 14.6 Å². The van der Waals surface area contributed by atoms with Gasteiger partial charge in [-0.1, -0.05) is 0 Å². The van der Waals surface area contributed by atoms with Crippen molar-refractivity contribution in [2.45, 2.75) is 35.0 Å². The second kappa shape index (κ2) is 5.44. The molecule has 0 aliphatic carbocycles. The van der Waals surface area contributed by atoms with E-state index >= 15 is 0 Å². The molecule has 2 saturated heterocycles. The van der Waals surface area contributed by atoms with Crippen molar-refractivity contribution >= 4 is 27.3 Å². The van der Waals surface area contributed by atoms with Crippen molar-refractivity contribution in [1.29, 1.82) is 0 Å². The minimum Gasteiger partial charge on any atom is -0.398 e. The van der Waals surface area contributed by atoms with Crippen molar-refractivity contribution in [2.75, 3.05) is 23.8 Å². The van der Waals surface area contributed by atoms with E-state index in [9.17, 15) is 12.8 Å². The van der Waals surface area contributed by atoms with Gasteiger partial charge in [0.2, 0.25) is 0 Å². The minimum atomic E-state index is -3.55. The number of thioether (sulfide) groups is 1. The number of anilines is 1. The number of nitrogen functional groups attached to an aromatic ring is 1. The zero-order valence-electron chi connectivity index (χ0n) is 11.5. The highest BCUT2D eigenvalue weighted by molar-refractivity contribution is 7.99. The molecule has 0 bridgehead atoms. The molecule has 116 valence electrons. The Bertz CT molecular complexity index is 642. The molecular formula is C14H18FNO3S2. The summed E-state index contributed by atoms with van der Waals surface area (Å²) < 4.78 is 44.6. The van der Waals surface area contributed by atoms with Crippen molar-refractivity contribution in [3.8, 4) is 0 Å². The fourth-order valence-corrected chi connectivity index (χ4v) is 6.38. The maximum Gasteiger partial charge on any atom is 0.183 e. The van der Waals surface area contributed by atoms with Gasteiger partial charge < -0.3 is 10.5 Å². The van der Waals surface area contributed by atoms with Crippen LogP contribution in [0.4, 0.5) is 10.1 Å². The summed E-state index contributed by atoms with van der Waals surface area (Å²) in [5, 5.41) is -0.502. The average molecular weight is 331 g/mol. The van der Waals surface area contributed by atoms with Crippen LogP contribution in [0.5, 0.6) is 0 Å². The first kappa shape index (κ1) is 15.1. The molecule has 2 aliphatic heterocycles. The number of hydrogen-bond donors (Lipinski definition) is 1. The first-order valence-electron chi connectivity index (χ1n) is 6.94. The lowest BCUT2D eigenvalue weighted by Crippen LogP contribution is -2.44. The number of ether oxygens (including phenoxy) is 1. The second-order valence-corrected chi connectivity index (χ2v) is 8.98. The van der Waals surface area contributed by atoms with Gasteiger partial charge in [0, 0.05) is 12.4 Å². The van der Waals surface area contributed by atoms with E-state index < -0.39 is 20.9 Å².